The SMILES string of the molecule is CO.[Br][Zr]([Br])[Br]. The molecule has 0 bridgehead atoms. The molecule has 1 N–H and O–H groups in total. The molecule has 0 heterocycles. The van der Waals surface area contributed by atoms with Crippen molar-refractivity contribution in [3.05, 3.63) is 0 Å². The number of aliphatic hydroxyl groups excluding tert-OH is 1. The molecule has 0 radical (unpaired) electrons. The molecule has 0 unspecified atom stereocenters. The fraction of sp³-hybridized carbons (Fsp3) is 1.00. The average molecular weight is 363 g/mol. The van der Waals surface area contributed by atoms with Crippen molar-refractivity contribution in [1.82, 2.24) is 0 Å². The second kappa shape index (κ2) is 10.3. The van der Waals surface area contributed by atoms with Crippen molar-refractivity contribution in [2.24, 2.45) is 0 Å². The molecule has 0 rings (SSSR count). The molecule has 0 aromatic rings. The number of rotatable bonds is 0. The van der Waals surface area contributed by atoms with Crippen molar-refractivity contribution in [2.45, 2.75) is 0 Å². The molecule has 1 nitrogen and oxygen atoms in total. The van der Waals surface area contributed by atoms with Crippen LogP contribution in [0.25, 0.3) is 0 Å². The molecular weight excluding hydrogens is 359 g/mol. The molecular formula is CH4Br3OZr. The van der Waals surface area contributed by atoms with Crippen molar-refractivity contribution >= 4 is 36.7 Å². The average Bonchev–Trinajstić information content (AvgIpc) is 1.41. The quantitative estimate of drug-likeness (QED) is 0.700. The van der Waals surface area contributed by atoms with E-state index in [-0.39, 0.29) is 0 Å². The van der Waals surface area contributed by atoms with Crippen molar-refractivity contribution in [2.75, 3.05) is 7.11 Å². The summed E-state index contributed by atoms with van der Waals surface area (Å²) >= 11 is 8.80. The molecule has 0 aliphatic heterocycles. The Hall–Kier alpha value is 2.28. The van der Waals surface area contributed by atoms with Gasteiger partial charge in [-0.25, -0.2) is 0 Å². The van der Waals surface area contributed by atoms with Gasteiger partial charge in [-0.05, 0) is 0 Å². The van der Waals surface area contributed by atoms with Gasteiger partial charge < -0.3 is 5.11 Å². The molecule has 0 fully saturated rings. The van der Waals surface area contributed by atoms with Crippen molar-refractivity contribution < 1.29 is 19.8 Å². The molecule has 5 heteroatoms. The standard InChI is InChI=1S/CH4O.3BrH.Zr/c1-2;;;;/h2H,1H3;3*1H;/q;;;;+3/p-3. The first-order valence-corrected chi connectivity index (χ1v) is 17.9. The zero-order valence-corrected chi connectivity index (χ0v) is 10.3. The van der Waals surface area contributed by atoms with Crippen molar-refractivity contribution in [1.29, 1.82) is 0 Å². The molecule has 0 aliphatic carbocycles. The second-order valence-corrected chi connectivity index (χ2v) is 34.2. The summed E-state index contributed by atoms with van der Waals surface area (Å²) in [5, 5.41) is 7.00. The van der Waals surface area contributed by atoms with E-state index < -0.39 is 14.7 Å². The molecule has 0 aromatic heterocycles. The Morgan fingerprint density at radius 1 is 1.17 bits per heavy atom. The van der Waals surface area contributed by atoms with Gasteiger partial charge in [-0.3, -0.25) is 0 Å². The van der Waals surface area contributed by atoms with Crippen LogP contribution in [-0.2, 0) is 14.7 Å². The van der Waals surface area contributed by atoms with Gasteiger partial charge in [0, 0.05) is 7.11 Å². The summed E-state index contributed by atoms with van der Waals surface area (Å²) < 4.78 is 0. The maximum atomic E-state index is 7.00. The fourth-order valence-corrected chi connectivity index (χ4v) is 0. The molecule has 0 atom stereocenters. The maximum absolute atomic E-state index is 7.00. The predicted molar refractivity (Wildman–Crippen MR) is 34.9 cm³/mol. The van der Waals surface area contributed by atoms with Gasteiger partial charge in [0.2, 0.25) is 0 Å². The molecule has 0 saturated heterocycles. The van der Waals surface area contributed by atoms with Gasteiger partial charge in [0.15, 0.2) is 0 Å². The molecule has 0 aromatic carbocycles. The molecule has 0 aliphatic rings. The Balaban J connectivity index is 0. The van der Waals surface area contributed by atoms with Crippen LogP contribution in [0, 0.1) is 0 Å². The Morgan fingerprint density at radius 3 is 1.17 bits per heavy atom. The van der Waals surface area contributed by atoms with Gasteiger partial charge >= 0.3 is 51.4 Å². The number of aliphatic hydroxyl groups is 1. The first kappa shape index (κ1) is 11.1. The third kappa shape index (κ3) is 33.6. The van der Waals surface area contributed by atoms with E-state index in [1.54, 1.807) is 0 Å². The van der Waals surface area contributed by atoms with E-state index in [0.717, 1.165) is 7.11 Å². The fourth-order valence-electron chi connectivity index (χ4n) is 0. The second-order valence-electron chi connectivity index (χ2n) is 0.214. The Bertz CT molecular complexity index is 15.5. The van der Waals surface area contributed by atoms with Crippen molar-refractivity contribution in [3.63, 3.8) is 0 Å². The van der Waals surface area contributed by atoms with Crippen LogP contribution in [0.5, 0.6) is 0 Å². The summed E-state index contributed by atoms with van der Waals surface area (Å²) in [5.41, 5.74) is 0. The van der Waals surface area contributed by atoms with E-state index in [1.165, 1.54) is 0 Å². The third-order valence-electron chi connectivity index (χ3n) is 0. The van der Waals surface area contributed by atoms with Gasteiger partial charge in [0.05, 0.1) is 0 Å². The van der Waals surface area contributed by atoms with E-state index in [9.17, 15) is 0 Å². The first-order valence-electron chi connectivity index (χ1n) is 1.01. The third-order valence-corrected chi connectivity index (χ3v) is 0. The van der Waals surface area contributed by atoms with E-state index in [2.05, 4.69) is 36.7 Å². The van der Waals surface area contributed by atoms with Crippen molar-refractivity contribution in [3.8, 4) is 0 Å². The summed E-state index contributed by atoms with van der Waals surface area (Å²) in [6, 6.07) is 0. The van der Waals surface area contributed by atoms with Crippen LogP contribution >= 0.6 is 36.7 Å². The monoisotopic (exact) mass is 359 g/mol. The van der Waals surface area contributed by atoms with E-state index in [0.29, 0.717) is 0 Å². The molecule has 0 saturated carbocycles. The molecule has 0 spiro atoms. The van der Waals surface area contributed by atoms with Crippen LogP contribution in [-0.4, -0.2) is 12.2 Å². The van der Waals surface area contributed by atoms with E-state index >= 15 is 0 Å². The Kier molecular flexibility index (Phi) is 19.1. The van der Waals surface area contributed by atoms with Crippen LogP contribution in [0.3, 0.4) is 0 Å². The molecule has 0 amide bonds. The first-order chi connectivity index (χ1) is 2.73. The van der Waals surface area contributed by atoms with Gasteiger partial charge in [0.25, 0.3) is 0 Å². The van der Waals surface area contributed by atoms with Gasteiger partial charge in [-0.2, -0.15) is 0 Å². The number of halogens is 3. The van der Waals surface area contributed by atoms with Crippen LogP contribution in [0.2, 0.25) is 0 Å². The van der Waals surface area contributed by atoms with Crippen LogP contribution < -0.4 is 0 Å². The Morgan fingerprint density at radius 2 is 1.17 bits per heavy atom. The molecule has 39 valence electrons. The minimum atomic E-state index is -1.11. The zero-order chi connectivity index (χ0) is 5.58. The number of hydrogen-bond acceptors (Lipinski definition) is 1. The minimum absolute atomic E-state index is 1.00. The Labute approximate surface area is 62.5 Å². The van der Waals surface area contributed by atoms with Crippen LogP contribution in [0.15, 0.2) is 0 Å². The summed E-state index contributed by atoms with van der Waals surface area (Å²) in [7, 11) is 1.00. The normalized spacial score (nSPS) is 5.50. The summed E-state index contributed by atoms with van der Waals surface area (Å²) in [4.78, 5) is 0. The van der Waals surface area contributed by atoms with Crippen LogP contribution in [0.4, 0.5) is 0 Å². The summed E-state index contributed by atoms with van der Waals surface area (Å²) in [5.74, 6) is 0. The van der Waals surface area contributed by atoms with E-state index in [4.69, 9.17) is 5.11 Å². The topological polar surface area (TPSA) is 20.2 Å². The van der Waals surface area contributed by atoms with Crippen LogP contribution in [0.1, 0.15) is 0 Å². The number of hydrogen-bond donors (Lipinski definition) is 1. The predicted octanol–water partition coefficient (Wildman–Crippen LogP) is 2.14. The van der Waals surface area contributed by atoms with Gasteiger partial charge in [0.1, 0.15) is 0 Å². The summed E-state index contributed by atoms with van der Waals surface area (Å²) in [6.07, 6.45) is 0. The zero-order valence-electron chi connectivity index (χ0n) is 3.08. The van der Waals surface area contributed by atoms with Gasteiger partial charge in [-0.1, -0.05) is 0 Å². The van der Waals surface area contributed by atoms with Gasteiger partial charge in [-0.15, -0.1) is 0 Å². The van der Waals surface area contributed by atoms with E-state index in [1.807, 2.05) is 0 Å². The molecule has 6 heavy (non-hydrogen) atoms. The summed E-state index contributed by atoms with van der Waals surface area (Å²) in [6.45, 7) is 0.